The molecule has 12 nitrogen and oxygen atoms in total. The number of esters is 1. The molecule has 1 aliphatic heterocycles. The van der Waals surface area contributed by atoms with Crippen molar-refractivity contribution in [1.82, 2.24) is 35.0 Å². The molecule has 0 fully saturated rings. The first-order valence-electron chi connectivity index (χ1n) is 12.4. The van der Waals surface area contributed by atoms with Crippen LogP contribution in [0.3, 0.4) is 0 Å². The van der Waals surface area contributed by atoms with E-state index in [1.807, 2.05) is 47.9 Å². The van der Waals surface area contributed by atoms with Gasteiger partial charge in [-0.3, -0.25) is 9.36 Å². The summed E-state index contributed by atoms with van der Waals surface area (Å²) >= 11 is 6.48. The van der Waals surface area contributed by atoms with Crippen LogP contribution in [0.25, 0.3) is 5.69 Å². The average Bonchev–Trinajstić information content (AvgIpc) is 3.51. The number of hydrogen-bond donors (Lipinski definition) is 0. The van der Waals surface area contributed by atoms with Crippen molar-refractivity contribution < 1.29 is 23.7 Å². The van der Waals surface area contributed by atoms with E-state index in [4.69, 9.17) is 30.5 Å². The first kappa shape index (κ1) is 26.6. The number of para-hydroxylation sites is 1. The van der Waals surface area contributed by atoms with Gasteiger partial charge < -0.3 is 18.9 Å². The van der Waals surface area contributed by atoms with Gasteiger partial charge in [0.25, 0.3) is 0 Å². The fraction of sp³-hybridized carbons (Fsp3) is 0.385. The molecule has 4 aromatic rings. The van der Waals surface area contributed by atoms with Gasteiger partial charge in [-0.15, -0.1) is 20.4 Å². The third kappa shape index (κ3) is 5.30. The van der Waals surface area contributed by atoms with Crippen LogP contribution in [0.5, 0.6) is 11.5 Å². The van der Waals surface area contributed by atoms with Crippen LogP contribution in [0.1, 0.15) is 54.2 Å². The molecule has 3 heterocycles. The SMILES string of the molecule is CCOC(=O)Cc1nnn(CCC2OC(c3cccc(OC)c3OC)c3cc(Cl)ccc3-n3c(C)nnc32)n1. The smallest absolute Gasteiger partial charge is 0.313 e. The number of ether oxygens (including phenoxy) is 4. The van der Waals surface area contributed by atoms with E-state index >= 15 is 0 Å². The molecule has 0 saturated heterocycles. The highest BCUT2D eigenvalue weighted by atomic mass is 35.5. The van der Waals surface area contributed by atoms with Gasteiger partial charge in [0.15, 0.2) is 23.1 Å². The van der Waals surface area contributed by atoms with E-state index in [0.29, 0.717) is 47.7 Å². The van der Waals surface area contributed by atoms with Gasteiger partial charge in [0, 0.05) is 22.6 Å². The number of nitrogens with zero attached hydrogens (tertiary/aromatic N) is 7. The van der Waals surface area contributed by atoms with E-state index in [2.05, 4.69) is 25.6 Å². The van der Waals surface area contributed by atoms with Gasteiger partial charge in [-0.25, -0.2) is 0 Å². The highest BCUT2D eigenvalue weighted by Crippen LogP contribution is 2.46. The van der Waals surface area contributed by atoms with Gasteiger partial charge in [-0.2, -0.15) is 4.80 Å². The predicted octanol–water partition coefficient (Wildman–Crippen LogP) is 3.59. The van der Waals surface area contributed by atoms with Crippen molar-refractivity contribution in [2.75, 3.05) is 20.8 Å². The Morgan fingerprint density at radius 1 is 1.10 bits per heavy atom. The molecule has 2 unspecified atom stereocenters. The van der Waals surface area contributed by atoms with Crippen LogP contribution in [0.2, 0.25) is 5.02 Å². The lowest BCUT2D eigenvalue weighted by atomic mass is 9.98. The minimum absolute atomic E-state index is 0.0466. The van der Waals surface area contributed by atoms with Gasteiger partial charge >= 0.3 is 5.97 Å². The number of methoxy groups -OCH3 is 2. The van der Waals surface area contributed by atoms with E-state index < -0.39 is 18.2 Å². The molecule has 2 aromatic heterocycles. The average molecular weight is 554 g/mol. The summed E-state index contributed by atoms with van der Waals surface area (Å²) in [6, 6.07) is 11.3. The summed E-state index contributed by atoms with van der Waals surface area (Å²) in [6.45, 7) is 4.28. The van der Waals surface area contributed by atoms with Crippen LogP contribution in [0.15, 0.2) is 36.4 Å². The molecule has 5 rings (SSSR count). The second-order valence-corrected chi connectivity index (χ2v) is 9.24. The molecule has 39 heavy (non-hydrogen) atoms. The van der Waals surface area contributed by atoms with Crippen molar-refractivity contribution in [1.29, 1.82) is 0 Å². The zero-order chi connectivity index (χ0) is 27.5. The molecular weight excluding hydrogens is 526 g/mol. The Balaban J connectivity index is 1.52. The standard InChI is InChI=1S/C26H28ClN7O5/c1-5-38-23(35)14-22-29-32-33(31-22)12-11-21-26-30-28-15(2)34(26)19-10-9-16(27)13-18(19)24(39-21)17-7-6-8-20(36-3)25(17)37-4/h6-10,13,21,24H,5,11-12,14H2,1-4H3. The first-order chi connectivity index (χ1) is 18.9. The monoisotopic (exact) mass is 553 g/mol. The summed E-state index contributed by atoms with van der Waals surface area (Å²) in [4.78, 5) is 13.2. The lowest BCUT2D eigenvalue weighted by molar-refractivity contribution is -0.142. The Hall–Kier alpha value is -4.03. The van der Waals surface area contributed by atoms with Crippen LogP contribution in [0.4, 0.5) is 0 Å². The maximum Gasteiger partial charge on any atom is 0.313 e. The number of hydrogen-bond acceptors (Lipinski definition) is 10. The fourth-order valence-corrected chi connectivity index (χ4v) is 4.88. The van der Waals surface area contributed by atoms with Crippen molar-refractivity contribution in [2.45, 2.75) is 45.4 Å². The lowest BCUT2D eigenvalue weighted by Crippen LogP contribution is -2.16. The second kappa shape index (κ2) is 11.4. The number of tetrazole rings is 1. The van der Waals surface area contributed by atoms with Crippen LogP contribution >= 0.6 is 11.6 Å². The summed E-state index contributed by atoms with van der Waals surface area (Å²) in [6.07, 6.45) is -0.692. The second-order valence-electron chi connectivity index (χ2n) is 8.80. The zero-order valence-electron chi connectivity index (χ0n) is 22.0. The Kier molecular flexibility index (Phi) is 7.75. The molecule has 0 aliphatic carbocycles. The third-order valence-electron chi connectivity index (χ3n) is 6.36. The number of fused-ring (bicyclic) bond motifs is 3. The Morgan fingerprint density at radius 2 is 1.95 bits per heavy atom. The van der Waals surface area contributed by atoms with Crippen molar-refractivity contribution >= 4 is 17.6 Å². The minimum atomic E-state index is -0.571. The molecule has 13 heteroatoms. The number of aromatic nitrogens is 7. The van der Waals surface area contributed by atoms with E-state index in [0.717, 1.165) is 16.8 Å². The summed E-state index contributed by atoms with van der Waals surface area (Å²) in [5.41, 5.74) is 2.46. The summed E-state index contributed by atoms with van der Waals surface area (Å²) in [5, 5.41) is 21.8. The summed E-state index contributed by atoms with van der Waals surface area (Å²) in [7, 11) is 3.19. The Morgan fingerprint density at radius 3 is 2.72 bits per heavy atom. The number of carbonyl (C=O) groups is 1. The van der Waals surface area contributed by atoms with Crippen LogP contribution in [0, 0.1) is 6.92 Å². The van der Waals surface area contributed by atoms with Crippen LogP contribution in [-0.4, -0.2) is 61.8 Å². The third-order valence-corrected chi connectivity index (χ3v) is 6.60. The Bertz CT molecular complexity index is 1490. The number of rotatable bonds is 9. The molecule has 2 atom stereocenters. The molecule has 0 spiro atoms. The Labute approximate surface area is 229 Å². The largest absolute Gasteiger partial charge is 0.493 e. The molecule has 2 aromatic carbocycles. The van der Waals surface area contributed by atoms with Crippen molar-refractivity contribution in [3.8, 4) is 17.2 Å². The molecule has 0 bridgehead atoms. The van der Waals surface area contributed by atoms with Gasteiger partial charge in [0.05, 0.1) is 33.1 Å². The van der Waals surface area contributed by atoms with Gasteiger partial charge in [-0.05, 0) is 43.3 Å². The molecule has 0 saturated carbocycles. The van der Waals surface area contributed by atoms with E-state index in [-0.39, 0.29) is 12.2 Å². The molecule has 0 radical (unpaired) electrons. The van der Waals surface area contributed by atoms with E-state index in [1.165, 1.54) is 4.80 Å². The highest BCUT2D eigenvalue weighted by Gasteiger charge is 2.35. The van der Waals surface area contributed by atoms with Crippen LogP contribution in [-0.2, 0) is 27.2 Å². The highest BCUT2D eigenvalue weighted by molar-refractivity contribution is 6.30. The van der Waals surface area contributed by atoms with E-state index in [9.17, 15) is 4.79 Å². The lowest BCUT2D eigenvalue weighted by Gasteiger charge is -2.25. The van der Waals surface area contributed by atoms with Gasteiger partial charge in [0.1, 0.15) is 24.5 Å². The summed E-state index contributed by atoms with van der Waals surface area (Å²) in [5.74, 6) is 2.36. The summed E-state index contributed by atoms with van der Waals surface area (Å²) < 4.78 is 25.1. The molecule has 204 valence electrons. The van der Waals surface area contributed by atoms with Gasteiger partial charge in [0.2, 0.25) is 0 Å². The number of halogens is 1. The van der Waals surface area contributed by atoms with Crippen molar-refractivity contribution in [3.05, 3.63) is 70.0 Å². The minimum Gasteiger partial charge on any atom is -0.493 e. The maximum atomic E-state index is 11.8. The molecule has 1 aliphatic rings. The number of aryl methyl sites for hydroxylation is 2. The maximum absolute atomic E-state index is 11.8. The normalized spacial score (nSPS) is 16.2. The van der Waals surface area contributed by atoms with Crippen molar-refractivity contribution in [2.24, 2.45) is 0 Å². The first-order valence-corrected chi connectivity index (χ1v) is 12.8. The molecule has 0 amide bonds. The fourth-order valence-electron chi connectivity index (χ4n) is 4.69. The molecule has 0 N–H and O–H groups in total. The number of benzene rings is 2. The van der Waals surface area contributed by atoms with Gasteiger partial charge in [-0.1, -0.05) is 23.7 Å². The quantitative estimate of drug-likeness (QED) is 0.283. The predicted molar refractivity (Wildman–Crippen MR) is 139 cm³/mol. The topological polar surface area (TPSA) is 128 Å². The van der Waals surface area contributed by atoms with Crippen LogP contribution < -0.4 is 9.47 Å². The molecular formula is C26H28ClN7O5. The number of carbonyl (C=O) groups excluding carboxylic acids is 1. The van der Waals surface area contributed by atoms with E-state index in [1.54, 1.807) is 21.1 Å². The zero-order valence-corrected chi connectivity index (χ0v) is 22.8. The van der Waals surface area contributed by atoms with Crippen molar-refractivity contribution in [3.63, 3.8) is 0 Å².